The van der Waals surface area contributed by atoms with E-state index in [0.717, 1.165) is 0 Å². The van der Waals surface area contributed by atoms with Gasteiger partial charge < -0.3 is 0 Å². The molecule has 72 valence electrons. The molecule has 0 aliphatic heterocycles. The molecule has 0 bridgehead atoms. The molecule has 0 N–H and O–H groups in total. The maximum absolute atomic E-state index is 4.48. The van der Waals surface area contributed by atoms with Gasteiger partial charge in [-0.05, 0) is 35.4 Å². The Morgan fingerprint density at radius 3 is 3.07 bits per heavy atom. The SMILES string of the molecule is c1cc2c3c(cc4scnc4c3c1)CC2. The Hall–Kier alpha value is -1.41. The van der Waals surface area contributed by atoms with Crippen LogP contribution in [0.2, 0.25) is 0 Å². The van der Waals surface area contributed by atoms with E-state index in [2.05, 4.69) is 29.2 Å². The lowest BCUT2D eigenvalue weighted by atomic mass is 10.0. The van der Waals surface area contributed by atoms with E-state index < -0.39 is 0 Å². The van der Waals surface area contributed by atoms with E-state index in [0.29, 0.717) is 0 Å². The van der Waals surface area contributed by atoms with Gasteiger partial charge >= 0.3 is 0 Å². The van der Waals surface area contributed by atoms with E-state index in [1.54, 1.807) is 11.3 Å². The van der Waals surface area contributed by atoms with Crippen LogP contribution < -0.4 is 0 Å². The number of aromatic nitrogens is 1. The molecule has 1 nitrogen and oxygen atoms in total. The van der Waals surface area contributed by atoms with Gasteiger partial charge in [0, 0.05) is 5.39 Å². The van der Waals surface area contributed by atoms with Crippen LogP contribution in [-0.4, -0.2) is 4.98 Å². The minimum atomic E-state index is 1.18. The molecule has 0 saturated carbocycles. The molecule has 1 aliphatic carbocycles. The summed E-state index contributed by atoms with van der Waals surface area (Å²) in [5, 5.41) is 2.81. The predicted octanol–water partition coefficient (Wildman–Crippen LogP) is 3.55. The van der Waals surface area contributed by atoms with Crippen LogP contribution in [0.4, 0.5) is 0 Å². The molecule has 0 amide bonds. The van der Waals surface area contributed by atoms with Crippen LogP contribution in [0.1, 0.15) is 11.1 Å². The third-order valence-corrected chi connectivity index (χ3v) is 4.07. The van der Waals surface area contributed by atoms with E-state index in [1.165, 1.54) is 45.0 Å². The maximum atomic E-state index is 4.48. The molecule has 0 spiro atoms. The summed E-state index contributed by atoms with van der Waals surface area (Å²) in [6, 6.07) is 8.93. The Kier molecular flexibility index (Phi) is 1.35. The molecule has 0 fully saturated rings. The van der Waals surface area contributed by atoms with Gasteiger partial charge in [-0.2, -0.15) is 0 Å². The number of aryl methyl sites for hydroxylation is 2. The Bertz CT molecular complexity index is 681. The van der Waals surface area contributed by atoms with Crippen LogP contribution >= 0.6 is 11.3 Å². The molecule has 0 saturated heterocycles. The van der Waals surface area contributed by atoms with Crippen LogP contribution in [0.15, 0.2) is 29.8 Å². The van der Waals surface area contributed by atoms with E-state index in [-0.39, 0.29) is 0 Å². The van der Waals surface area contributed by atoms with E-state index in [1.807, 2.05) is 5.51 Å². The van der Waals surface area contributed by atoms with Gasteiger partial charge in [-0.1, -0.05) is 18.2 Å². The average molecular weight is 211 g/mol. The molecule has 0 unspecified atom stereocenters. The minimum absolute atomic E-state index is 1.18. The van der Waals surface area contributed by atoms with Gasteiger partial charge in [0.05, 0.1) is 15.7 Å². The van der Waals surface area contributed by atoms with Gasteiger partial charge in [0.2, 0.25) is 0 Å². The van der Waals surface area contributed by atoms with Crippen molar-refractivity contribution in [2.75, 3.05) is 0 Å². The zero-order chi connectivity index (χ0) is 9.83. The summed E-state index contributed by atoms with van der Waals surface area (Å²) in [7, 11) is 0. The van der Waals surface area contributed by atoms with E-state index >= 15 is 0 Å². The van der Waals surface area contributed by atoms with Crippen molar-refractivity contribution >= 4 is 32.3 Å². The third kappa shape index (κ3) is 0.901. The fraction of sp³-hybridized carbons (Fsp3) is 0.154. The van der Waals surface area contributed by atoms with Crippen LogP contribution in [0.5, 0.6) is 0 Å². The third-order valence-electron chi connectivity index (χ3n) is 3.29. The smallest absolute Gasteiger partial charge is 0.0890 e. The number of rotatable bonds is 0. The lowest BCUT2D eigenvalue weighted by Crippen LogP contribution is -1.80. The average Bonchev–Trinajstić information content (AvgIpc) is 2.87. The number of hydrogen-bond acceptors (Lipinski definition) is 2. The topological polar surface area (TPSA) is 12.9 Å². The summed E-state index contributed by atoms with van der Waals surface area (Å²) >= 11 is 1.74. The zero-order valence-electron chi connectivity index (χ0n) is 8.16. The highest BCUT2D eigenvalue weighted by Crippen LogP contribution is 2.36. The maximum Gasteiger partial charge on any atom is 0.0890 e. The number of nitrogens with zero attached hydrogens (tertiary/aromatic N) is 1. The fourth-order valence-electron chi connectivity index (χ4n) is 2.64. The first-order chi connectivity index (χ1) is 7.43. The normalized spacial score (nSPS) is 14.1. The molecule has 1 heterocycles. The molecule has 2 heteroatoms. The van der Waals surface area contributed by atoms with Gasteiger partial charge in [0.15, 0.2) is 0 Å². The molecule has 0 atom stereocenters. The number of benzene rings is 2. The van der Waals surface area contributed by atoms with Crippen molar-refractivity contribution in [3.8, 4) is 0 Å². The molecule has 2 aromatic carbocycles. The van der Waals surface area contributed by atoms with Crippen LogP contribution in [0, 0.1) is 0 Å². The molecule has 15 heavy (non-hydrogen) atoms. The highest BCUT2D eigenvalue weighted by Gasteiger charge is 2.16. The van der Waals surface area contributed by atoms with Crippen molar-refractivity contribution in [3.05, 3.63) is 40.9 Å². The standard InChI is InChI=1S/C13H9NS/c1-2-8-4-5-9-6-11-13(14-7-15-11)10(3-1)12(8)9/h1-3,6-7H,4-5H2. The Morgan fingerprint density at radius 1 is 1.13 bits per heavy atom. The summed E-state index contributed by atoms with van der Waals surface area (Å²) in [6.45, 7) is 0. The van der Waals surface area contributed by atoms with Gasteiger partial charge in [0.1, 0.15) is 0 Å². The lowest BCUT2D eigenvalue weighted by molar-refractivity contribution is 1.03. The van der Waals surface area contributed by atoms with E-state index in [9.17, 15) is 0 Å². The van der Waals surface area contributed by atoms with Gasteiger partial charge in [-0.25, -0.2) is 4.98 Å². The van der Waals surface area contributed by atoms with Crippen LogP contribution in [-0.2, 0) is 12.8 Å². The molecule has 4 rings (SSSR count). The van der Waals surface area contributed by atoms with Crippen LogP contribution in [0.25, 0.3) is 21.0 Å². The van der Waals surface area contributed by atoms with Crippen molar-refractivity contribution in [1.29, 1.82) is 0 Å². The largest absolute Gasteiger partial charge is 0.244 e. The summed E-state index contributed by atoms with van der Waals surface area (Å²) in [5.74, 6) is 0. The van der Waals surface area contributed by atoms with Gasteiger partial charge in [0.25, 0.3) is 0 Å². The second kappa shape index (κ2) is 2.58. The van der Waals surface area contributed by atoms with Crippen molar-refractivity contribution in [3.63, 3.8) is 0 Å². The predicted molar refractivity (Wildman–Crippen MR) is 64.5 cm³/mol. The summed E-state index contributed by atoms with van der Waals surface area (Å²) in [5.41, 5.74) is 6.14. The number of fused-ring (bicyclic) bond motifs is 2. The molecular weight excluding hydrogens is 202 g/mol. The molecule has 3 aromatic rings. The van der Waals surface area contributed by atoms with Crippen molar-refractivity contribution in [2.24, 2.45) is 0 Å². The number of hydrogen-bond donors (Lipinski definition) is 0. The second-order valence-electron chi connectivity index (χ2n) is 4.07. The second-order valence-corrected chi connectivity index (χ2v) is 4.96. The first kappa shape index (κ1) is 7.83. The molecule has 0 radical (unpaired) electrons. The first-order valence-electron chi connectivity index (χ1n) is 5.20. The summed E-state index contributed by atoms with van der Waals surface area (Å²) < 4.78 is 1.33. The first-order valence-corrected chi connectivity index (χ1v) is 6.08. The minimum Gasteiger partial charge on any atom is -0.244 e. The van der Waals surface area contributed by atoms with E-state index in [4.69, 9.17) is 0 Å². The highest BCUT2D eigenvalue weighted by molar-refractivity contribution is 7.16. The quantitative estimate of drug-likeness (QED) is 0.554. The van der Waals surface area contributed by atoms with Crippen LogP contribution in [0.3, 0.4) is 0 Å². The highest BCUT2D eigenvalue weighted by atomic mass is 32.1. The summed E-state index contributed by atoms with van der Waals surface area (Å²) in [4.78, 5) is 4.48. The Labute approximate surface area is 91.4 Å². The number of thiazole rings is 1. The fourth-order valence-corrected chi connectivity index (χ4v) is 3.40. The van der Waals surface area contributed by atoms with Crippen molar-refractivity contribution < 1.29 is 0 Å². The lowest BCUT2D eigenvalue weighted by Gasteiger charge is -2.02. The molecule has 1 aliphatic rings. The Morgan fingerprint density at radius 2 is 2.07 bits per heavy atom. The Balaban J connectivity index is 2.39. The zero-order valence-corrected chi connectivity index (χ0v) is 8.97. The van der Waals surface area contributed by atoms with Crippen molar-refractivity contribution in [1.82, 2.24) is 4.98 Å². The van der Waals surface area contributed by atoms with Gasteiger partial charge in [-0.3, -0.25) is 0 Å². The molecular formula is C13H9NS. The monoisotopic (exact) mass is 211 g/mol. The molecule has 1 aromatic heterocycles. The summed E-state index contributed by atoms with van der Waals surface area (Å²) in [6.07, 6.45) is 2.40. The van der Waals surface area contributed by atoms with Crippen molar-refractivity contribution in [2.45, 2.75) is 12.8 Å². The van der Waals surface area contributed by atoms with Gasteiger partial charge in [-0.15, -0.1) is 11.3 Å².